The predicted molar refractivity (Wildman–Crippen MR) is 66.6 cm³/mol. The minimum atomic E-state index is -0.460. The first-order valence-corrected chi connectivity index (χ1v) is 5.37. The molecule has 0 aliphatic heterocycles. The highest BCUT2D eigenvalue weighted by Crippen LogP contribution is 2.38. The Morgan fingerprint density at radius 3 is 2.39 bits per heavy atom. The third-order valence-corrected chi connectivity index (χ3v) is 2.69. The Morgan fingerprint density at radius 2 is 1.78 bits per heavy atom. The molecule has 0 saturated heterocycles. The number of methoxy groups -OCH3 is 2. The van der Waals surface area contributed by atoms with E-state index in [0.29, 0.717) is 22.6 Å². The summed E-state index contributed by atoms with van der Waals surface area (Å²) < 4.78 is 23.8. The molecule has 0 amide bonds. The van der Waals surface area contributed by atoms with Crippen LogP contribution in [0, 0.1) is 5.82 Å². The van der Waals surface area contributed by atoms with Crippen molar-refractivity contribution >= 4 is 0 Å². The van der Waals surface area contributed by atoms with Gasteiger partial charge in [-0.25, -0.2) is 4.39 Å². The Labute approximate surface area is 104 Å². The van der Waals surface area contributed by atoms with Gasteiger partial charge >= 0.3 is 0 Å². The molecule has 0 heterocycles. The Hall–Kier alpha value is -2.23. The molecule has 0 saturated carbocycles. The van der Waals surface area contributed by atoms with Crippen molar-refractivity contribution in [2.24, 2.45) is 0 Å². The first-order valence-electron chi connectivity index (χ1n) is 5.37. The molecule has 2 aromatic carbocycles. The summed E-state index contributed by atoms with van der Waals surface area (Å²) in [6.45, 7) is 0. The zero-order valence-corrected chi connectivity index (χ0v) is 10.1. The number of ether oxygens (including phenoxy) is 2. The summed E-state index contributed by atoms with van der Waals surface area (Å²) in [5, 5.41) is 9.97. The van der Waals surface area contributed by atoms with Crippen molar-refractivity contribution in [1.29, 1.82) is 0 Å². The van der Waals surface area contributed by atoms with E-state index in [9.17, 15) is 9.50 Å². The van der Waals surface area contributed by atoms with Gasteiger partial charge in [0.15, 0.2) is 11.5 Å². The molecular weight excluding hydrogens is 235 g/mol. The lowest BCUT2D eigenvalue weighted by molar-refractivity contribution is 0.374. The molecule has 18 heavy (non-hydrogen) atoms. The maximum Gasteiger partial charge on any atom is 0.165 e. The molecule has 0 aliphatic rings. The van der Waals surface area contributed by atoms with Crippen LogP contribution in [-0.2, 0) is 0 Å². The average molecular weight is 248 g/mol. The number of hydrogen-bond acceptors (Lipinski definition) is 3. The molecule has 1 N–H and O–H groups in total. The molecule has 0 atom stereocenters. The highest BCUT2D eigenvalue weighted by Gasteiger charge is 2.13. The highest BCUT2D eigenvalue weighted by atomic mass is 19.1. The lowest BCUT2D eigenvalue weighted by atomic mass is 10.0. The summed E-state index contributed by atoms with van der Waals surface area (Å²) in [7, 11) is 2.92. The number of hydrogen-bond donors (Lipinski definition) is 1. The van der Waals surface area contributed by atoms with E-state index in [1.807, 2.05) is 0 Å². The van der Waals surface area contributed by atoms with Gasteiger partial charge in [-0.2, -0.15) is 0 Å². The molecule has 3 nitrogen and oxygen atoms in total. The maximum atomic E-state index is 13.9. The SMILES string of the molecule is COc1ccc(-c2cccc(OC)c2O)c(F)c1. The topological polar surface area (TPSA) is 38.7 Å². The van der Waals surface area contributed by atoms with E-state index >= 15 is 0 Å². The van der Waals surface area contributed by atoms with Crippen LogP contribution in [-0.4, -0.2) is 19.3 Å². The van der Waals surface area contributed by atoms with E-state index in [0.717, 1.165) is 0 Å². The summed E-state index contributed by atoms with van der Waals surface area (Å²) in [5.41, 5.74) is 0.682. The molecule has 0 aromatic heterocycles. The molecular formula is C14H13FO3. The molecule has 0 radical (unpaired) electrons. The summed E-state index contributed by atoms with van der Waals surface area (Å²) in [6.07, 6.45) is 0. The Bertz CT molecular complexity index is 567. The number of phenols is 1. The smallest absolute Gasteiger partial charge is 0.165 e. The van der Waals surface area contributed by atoms with Crippen molar-refractivity contribution in [2.45, 2.75) is 0 Å². The zero-order chi connectivity index (χ0) is 13.1. The minimum Gasteiger partial charge on any atom is -0.504 e. The monoisotopic (exact) mass is 248 g/mol. The number of rotatable bonds is 3. The van der Waals surface area contributed by atoms with Crippen LogP contribution in [0.3, 0.4) is 0 Å². The second kappa shape index (κ2) is 4.96. The number of halogens is 1. The summed E-state index contributed by atoms with van der Waals surface area (Å²) >= 11 is 0. The molecule has 0 bridgehead atoms. The van der Waals surface area contributed by atoms with Gasteiger partial charge in [-0.3, -0.25) is 0 Å². The van der Waals surface area contributed by atoms with Gasteiger partial charge in [0, 0.05) is 17.2 Å². The molecule has 94 valence electrons. The second-order valence-corrected chi connectivity index (χ2v) is 3.70. The molecule has 2 aromatic rings. The van der Waals surface area contributed by atoms with Crippen LogP contribution in [0.4, 0.5) is 4.39 Å². The molecule has 0 spiro atoms. The van der Waals surface area contributed by atoms with Crippen molar-refractivity contribution in [1.82, 2.24) is 0 Å². The van der Waals surface area contributed by atoms with Crippen LogP contribution >= 0.6 is 0 Å². The summed E-state index contributed by atoms with van der Waals surface area (Å²) in [4.78, 5) is 0. The Kier molecular flexibility index (Phi) is 3.37. The van der Waals surface area contributed by atoms with E-state index < -0.39 is 5.82 Å². The highest BCUT2D eigenvalue weighted by molar-refractivity contribution is 5.74. The van der Waals surface area contributed by atoms with Crippen molar-refractivity contribution < 1.29 is 19.0 Å². The molecule has 0 fully saturated rings. The van der Waals surface area contributed by atoms with Crippen molar-refractivity contribution in [2.75, 3.05) is 14.2 Å². The van der Waals surface area contributed by atoms with Gasteiger partial charge in [0.05, 0.1) is 14.2 Å². The third-order valence-electron chi connectivity index (χ3n) is 2.69. The Morgan fingerprint density at radius 1 is 1.00 bits per heavy atom. The third kappa shape index (κ3) is 2.09. The average Bonchev–Trinajstić information content (AvgIpc) is 2.39. The van der Waals surface area contributed by atoms with Crippen molar-refractivity contribution in [3.8, 4) is 28.4 Å². The predicted octanol–water partition coefficient (Wildman–Crippen LogP) is 3.22. The lowest BCUT2D eigenvalue weighted by Crippen LogP contribution is -1.90. The fraction of sp³-hybridized carbons (Fsp3) is 0.143. The fourth-order valence-corrected chi connectivity index (χ4v) is 1.75. The minimum absolute atomic E-state index is 0.0796. The molecule has 0 aliphatic carbocycles. The Balaban J connectivity index is 2.55. The number of aromatic hydroxyl groups is 1. The first-order chi connectivity index (χ1) is 8.67. The fourth-order valence-electron chi connectivity index (χ4n) is 1.75. The van der Waals surface area contributed by atoms with Crippen LogP contribution in [0.15, 0.2) is 36.4 Å². The van der Waals surface area contributed by atoms with Crippen molar-refractivity contribution in [3.05, 3.63) is 42.2 Å². The van der Waals surface area contributed by atoms with Gasteiger partial charge < -0.3 is 14.6 Å². The zero-order valence-electron chi connectivity index (χ0n) is 10.1. The van der Waals surface area contributed by atoms with Crippen LogP contribution in [0.5, 0.6) is 17.2 Å². The standard InChI is InChI=1S/C14H13FO3/c1-17-9-6-7-10(12(15)8-9)11-4-3-5-13(18-2)14(11)16/h3-8,16H,1-2H3. The number of benzene rings is 2. The van der Waals surface area contributed by atoms with E-state index in [-0.39, 0.29) is 5.75 Å². The van der Waals surface area contributed by atoms with Gasteiger partial charge in [-0.05, 0) is 18.2 Å². The van der Waals surface area contributed by atoms with Crippen LogP contribution in [0.2, 0.25) is 0 Å². The van der Waals surface area contributed by atoms with E-state index in [2.05, 4.69) is 0 Å². The molecule has 4 heteroatoms. The van der Waals surface area contributed by atoms with Crippen molar-refractivity contribution in [3.63, 3.8) is 0 Å². The summed E-state index contributed by atoms with van der Waals surface area (Å²) in [5.74, 6) is 0.198. The van der Waals surface area contributed by atoms with E-state index in [1.54, 1.807) is 30.3 Å². The van der Waals surface area contributed by atoms with Gasteiger partial charge in [0.1, 0.15) is 11.6 Å². The van der Waals surface area contributed by atoms with Crippen LogP contribution in [0.25, 0.3) is 11.1 Å². The quantitative estimate of drug-likeness (QED) is 0.906. The summed E-state index contributed by atoms with van der Waals surface area (Å²) in [6, 6.07) is 9.40. The van der Waals surface area contributed by atoms with Gasteiger partial charge in [0.25, 0.3) is 0 Å². The van der Waals surface area contributed by atoms with Gasteiger partial charge in [-0.1, -0.05) is 12.1 Å². The second-order valence-electron chi connectivity index (χ2n) is 3.70. The van der Waals surface area contributed by atoms with E-state index in [1.165, 1.54) is 20.3 Å². The molecule has 0 unspecified atom stereocenters. The first kappa shape index (κ1) is 12.2. The number of phenolic OH excluding ortho intramolecular Hbond substituents is 1. The van der Waals surface area contributed by atoms with Crippen LogP contribution in [0.1, 0.15) is 0 Å². The largest absolute Gasteiger partial charge is 0.504 e. The van der Waals surface area contributed by atoms with Gasteiger partial charge in [0.2, 0.25) is 0 Å². The van der Waals surface area contributed by atoms with Crippen LogP contribution < -0.4 is 9.47 Å². The molecule has 2 rings (SSSR count). The van der Waals surface area contributed by atoms with Gasteiger partial charge in [-0.15, -0.1) is 0 Å². The normalized spacial score (nSPS) is 10.2. The lowest BCUT2D eigenvalue weighted by Gasteiger charge is -2.10. The maximum absolute atomic E-state index is 13.9. The number of para-hydroxylation sites is 1. The van der Waals surface area contributed by atoms with E-state index in [4.69, 9.17) is 9.47 Å².